The predicted octanol–water partition coefficient (Wildman–Crippen LogP) is 1.39. The first-order valence-electron chi connectivity index (χ1n) is 7.66. The van der Waals surface area contributed by atoms with Crippen molar-refractivity contribution >= 4 is 17.5 Å². The van der Waals surface area contributed by atoms with Crippen LogP contribution in [-0.2, 0) is 0 Å². The monoisotopic (exact) mass is 334 g/mol. The molecule has 2 aromatic rings. The lowest BCUT2D eigenvalue weighted by molar-refractivity contribution is 0.0674. The third kappa shape index (κ3) is 3.51. The molecule has 1 aliphatic rings. The second-order valence-electron chi connectivity index (χ2n) is 5.74. The number of aromatic nitrogens is 4. The van der Waals surface area contributed by atoms with Crippen molar-refractivity contribution in [3.63, 3.8) is 0 Å². The maximum absolute atomic E-state index is 12.7. The molecule has 122 valence electrons. The first kappa shape index (κ1) is 15.9. The molecule has 1 aliphatic heterocycles. The fraction of sp³-hybridized carbons (Fsp3) is 0.467. The number of carbonyl (C=O) groups excluding carboxylic acids is 1. The summed E-state index contributed by atoms with van der Waals surface area (Å²) in [5.41, 5.74) is 1.25. The third-order valence-electron chi connectivity index (χ3n) is 4.10. The van der Waals surface area contributed by atoms with Gasteiger partial charge in [0.15, 0.2) is 0 Å². The fourth-order valence-corrected chi connectivity index (χ4v) is 3.23. The zero-order chi connectivity index (χ0) is 16.2. The fourth-order valence-electron chi connectivity index (χ4n) is 2.97. The topological polar surface area (TPSA) is 75.9 Å². The van der Waals surface area contributed by atoms with Crippen molar-refractivity contribution in [2.24, 2.45) is 5.92 Å². The standard InChI is InChI=1S/C15H19ClN6O/c1-17-8-11-3-2-6-21(9-11)15(23)13-5-4-12(7-14(13)16)22-10-18-19-20-22/h4-5,7,10-11,17H,2-3,6,8-9H2,1H3. The SMILES string of the molecule is CNCC1CCCN(C(=O)c2ccc(-n3cnnn3)cc2Cl)C1. The molecular formula is C15H19ClN6O. The molecule has 0 radical (unpaired) electrons. The van der Waals surface area contributed by atoms with Gasteiger partial charge in [-0.05, 0) is 61.0 Å². The van der Waals surface area contributed by atoms with Crippen LogP contribution in [0.15, 0.2) is 24.5 Å². The van der Waals surface area contributed by atoms with Gasteiger partial charge in [-0.3, -0.25) is 4.79 Å². The smallest absolute Gasteiger partial charge is 0.255 e. The summed E-state index contributed by atoms with van der Waals surface area (Å²) < 4.78 is 1.50. The lowest BCUT2D eigenvalue weighted by Gasteiger charge is -2.33. The molecule has 1 aromatic heterocycles. The first-order chi connectivity index (χ1) is 11.2. The van der Waals surface area contributed by atoms with Crippen LogP contribution in [0.1, 0.15) is 23.2 Å². The van der Waals surface area contributed by atoms with Crippen LogP contribution in [0.4, 0.5) is 0 Å². The van der Waals surface area contributed by atoms with Gasteiger partial charge in [-0.2, -0.15) is 0 Å². The van der Waals surface area contributed by atoms with E-state index in [2.05, 4.69) is 20.8 Å². The Morgan fingerprint density at radius 1 is 1.48 bits per heavy atom. The summed E-state index contributed by atoms with van der Waals surface area (Å²) >= 11 is 6.32. The largest absolute Gasteiger partial charge is 0.338 e. The van der Waals surface area contributed by atoms with Crippen molar-refractivity contribution in [1.29, 1.82) is 0 Å². The summed E-state index contributed by atoms with van der Waals surface area (Å²) in [6.45, 7) is 2.48. The molecule has 2 heterocycles. The quantitative estimate of drug-likeness (QED) is 0.914. The van der Waals surface area contributed by atoms with Gasteiger partial charge in [0, 0.05) is 13.1 Å². The molecule has 1 aromatic carbocycles. The van der Waals surface area contributed by atoms with Crippen molar-refractivity contribution in [3.8, 4) is 5.69 Å². The number of halogens is 1. The Morgan fingerprint density at radius 3 is 3.04 bits per heavy atom. The molecule has 1 unspecified atom stereocenters. The zero-order valence-electron chi connectivity index (χ0n) is 12.9. The first-order valence-corrected chi connectivity index (χ1v) is 8.03. The summed E-state index contributed by atoms with van der Waals surface area (Å²) in [6, 6.07) is 5.24. The van der Waals surface area contributed by atoms with E-state index in [1.165, 1.54) is 11.0 Å². The van der Waals surface area contributed by atoms with Gasteiger partial charge in [0.25, 0.3) is 5.91 Å². The highest BCUT2D eigenvalue weighted by Crippen LogP contribution is 2.24. The summed E-state index contributed by atoms with van der Waals surface area (Å²) in [5.74, 6) is 0.482. The number of hydrogen-bond acceptors (Lipinski definition) is 5. The lowest BCUT2D eigenvalue weighted by Crippen LogP contribution is -2.42. The van der Waals surface area contributed by atoms with E-state index < -0.39 is 0 Å². The number of tetrazole rings is 1. The van der Waals surface area contributed by atoms with E-state index in [0.717, 1.165) is 38.2 Å². The van der Waals surface area contributed by atoms with Crippen LogP contribution in [0.25, 0.3) is 5.69 Å². The number of hydrogen-bond donors (Lipinski definition) is 1. The number of rotatable bonds is 4. The van der Waals surface area contributed by atoms with Gasteiger partial charge >= 0.3 is 0 Å². The normalized spacial score (nSPS) is 18.2. The van der Waals surface area contributed by atoms with Gasteiger partial charge < -0.3 is 10.2 Å². The molecule has 1 N–H and O–H groups in total. The molecule has 0 spiro atoms. The molecule has 0 aliphatic carbocycles. The van der Waals surface area contributed by atoms with Crippen molar-refractivity contribution in [2.75, 3.05) is 26.7 Å². The highest BCUT2D eigenvalue weighted by atomic mass is 35.5. The number of nitrogens with one attached hydrogen (secondary N) is 1. The van der Waals surface area contributed by atoms with Crippen LogP contribution >= 0.6 is 11.6 Å². The Labute approximate surface area is 139 Å². The molecule has 23 heavy (non-hydrogen) atoms. The van der Waals surface area contributed by atoms with Crippen molar-refractivity contribution in [3.05, 3.63) is 35.1 Å². The van der Waals surface area contributed by atoms with E-state index in [1.807, 2.05) is 11.9 Å². The number of likely N-dealkylation sites (tertiary alicyclic amines) is 1. The second-order valence-corrected chi connectivity index (χ2v) is 6.14. The van der Waals surface area contributed by atoms with E-state index in [-0.39, 0.29) is 5.91 Å². The Hall–Kier alpha value is -1.99. The Bertz CT molecular complexity index is 673. The highest BCUT2D eigenvalue weighted by molar-refractivity contribution is 6.34. The molecule has 1 atom stereocenters. The van der Waals surface area contributed by atoms with Crippen molar-refractivity contribution in [2.45, 2.75) is 12.8 Å². The zero-order valence-corrected chi connectivity index (χ0v) is 13.7. The van der Waals surface area contributed by atoms with Crippen LogP contribution < -0.4 is 5.32 Å². The molecule has 8 heteroatoms. The number of carbonyl (C=O) groups is 1. The van der Waals surface area contributed by atoms with Crippen LogP contribution in [0.3, 0.4) is 0 Å². The maximum atomic E-state index is 12.7. The molecule has 0 bridgehead atoms. The number of piperidine rings is 1. The van der Waals surface area contributed by atoms with Gasteiger partial charge in [0.1, 0.15) is 6.33 Å². The van der Waals surface area contributed by atoms with E-state index >= 15 is 0 Å². The molecular weight excluding hydrogens is 316 g/mol. The number of amides is 1. The minimum absolute atomic E-state index is 0.0148. The summed E-state index contributed by atoms with van der Waals surface area (Å²) in [5, 5.41) is 14.6. The summed E-state index contributed by atoms with van der Waals surface area (Å²) in [4.78, 5) is 14.6. The van der Waals surface area contributed by atoms with Gasteiger partial charge in [0.2, 0.25) is 0 Å². The summed E-state index contributed by atoms with van der Waals surface area (Å²) in [7, 11) is 1.94. The molecule has 7 nitrogen and oxygen atoms in total. The third-order valence-corrected chi connectivity index (χ3v) is 4.41. The minimum atomic E-state index is -0.0148. The predicted molar refractivity (Wildman–Crippen MR) is 86.7 cm³/mol. The molecule has 1 fully saturated rings. The van der Waals surface area contributed by atoms with Gasteiger partial charge in [-0.15, -0.1) is 5.10 Å². The second kappa shape index (κ2) is 7.06. The van der Waals surface area contributed by atoms with Crippen molar-refractivity contribution in [1.82, 2.24) is 30.4 Å². The molecule has 3 rings (SSSR count). The Balaban J connectivity index is 1.77. The number of benzene rings is 1. The lowest BCUT2D eigenvalue weighted by atomic mass is 9.97. The van der Waals surface area contributed by atoms with Crippen LogP contribution in [0.2, 0.25) is 5.02 Å². The average Bonchev–Trinajstić information content (AvgIpc) is 3.09. The average molecular weight is 335 g/mol. The van der Waals surface area contributed by atoms with E-state index in [4.69, 9.17) is 11.6 Å². The van der Waals surface area contributed by atoms with E-state index in [9.17, 15) is 4.79 Å². The van der Waals surface area contributed by atoms with Gasteiger partial charge in [-0.25, -0.2) is 4.68 Å². The maximum Gasteiger partial charge on any atom is 0.255 e. The van der Waals surface area contributed by atoms with Crippen LogP contribution in [-0.4, -0.2) is 57.7 Å². The van der Waals surface area contributed by atoms with E-state index in [1.54, 1.807) is 18.2 Å². The van der Waals surface area contributed by atoms with Crippen molar-refractivity contribution < 1.29 is 4.79 Å². The van der Waals surface area contributed by atoms with Gasteiger partial charge in [0.05, 0.1) is 16.3 Å². The highest BCUT2D eigenvalue weighted by Gasteiger charge is 2.25. The van der Waals surface area contributed by atoms with E-state index in [0.29, 0.717) is 16.5 Å². The minimum Gasteiger partial charge on any atom is -0.338 e. The molecule has 1 amide bonds. The van der Waals surface area contributed by atoms with Crippen LogP contribution in [0.5, 0.6) is 0 Å². The summed E-state index contributed by atoms with van der Waals surface area (Å²) in [6.07, 6.45) is 3.66. The number of nitrogens with zero attached hydrogens (tertiary/aromatic N) is 5. The molecule has 0 saturated carbocycles. The van der Waals surface area contributed by atoms with Gasteiger partial charge in [-0.1, -0.05) is 11.6 Å². The van der Waals surface area contributed by atoms with Crippen LogP contribution in [0, 0.1) is 5.92 Å². The Kier molecular flexibility index (Phi) is 4.88. The Morgan fingerprint density at radius 2 is 2.35 bits per heavy atom. The molecule has 1 saturated heterocycles.